The van der Waals surface area contributed by atoms with Crippen molar-refractivity contribution in [3.05, 3.63) is 36.6 Å². The van der Waals surface area contributed by atoms with Crippen LogP contribution >= 0.6 is 0 Å². The van der Waals surface area contributed by atoms with Crippen LogP contribution in [0.4, 0.5) is 0 Å². The van der Waals surface area contributed by atoms with E-state index in [2.05, 4.69) is 13.2 Å². The van der Waals surface area contributed by atoms with E-state index < -0.39 is 0 Å². The van der Waals surface area contributed by atoms with Gasteiger partial charge in [0.05, 0.1) is 0 Å². The smallest absolute Gasteiger partial charge is 0.124 e. The van der Waals surface area contributed by atoms with Crippen LogP contribution in [-0.2, 0) is 4.74 Å². The van der Waals surface area contributed by atoms with E-state index in [1.54, 1.807) is 6.08 Å². The van der Waals surface area contributed by atoms with E-state index >= 15 is 0 Å². The van der Waals surface area contributed by atoms with E-state index in [1.165, 1.54) is 6.42 Å². The van der Waals surface area contributed by atoms with Crippen LogP contribution in [0.5, 0.6) is 0 Å². The van der Waals surface area contributed by atoms with Crippen LogP contribution in [0.25, 0.3) is 0 Å². The van der Waals surface area contributed by atoms with E-state index in [0.717, 1.165) is 30.6 Å². The van der Waals surface area contributed by atoms with Crippen molar-refractivity contribution in [1.29, 1.82) is 0 Å². The number of hydrogen-bond acceptors (Lipinski definition) is 2. The van der Waals surface area contributed by atoms with Crippen LogP contribution in [0, 0.1) is 0 Å². The second-order valence-electron chi connectivity index (χ2n) is 4.24. The van der Waals surface area contributed by atoms with Crippen LogP contribution in [-0.4, -0.2) is 11.6 Å². The predicted molar refractivity (Wildman–Crippen MR) is 57.7 cm³/mol. The molecule has 0 aromatic heterocycles. The summed E-state index contributed by atoms with van der Waals surface area (Å²) < 4.78 is 5.94. The highest BCUT2D eigenvalue weighted by molar-refractivity contribution is 5.34. The van der Waals surface area contributed by atoms with Crippen molar-refractivity contribution in [2.75, 3.05) is 0 Å². The minimum absolute atomic E-state index is 0.0233. The molecule has 1 heterocycles. The molecule has 0 amide bonds. The molecule has 14 heavy (non-hydrogen) atoms. The first-order chi connectivity index (χ1) is 6.67. The first-order valence-electron chi connectivity index (χ1n) is 5.13. The SMILES string of the molecule is C=C/C=C1/OC2(CCC2)CC(N)C1=C. The fourth-order valence-corrected chi connectivity index (χ4v) is 2.17. The quantitative estimate of drug-likeness (QED) is 0.690. The molecule has 76 valence electrons. The number of nitrogens with two attached hydrogens (primary N) is 1. The average Bonchev–Trinajstić information content (AvgIpc) is 2.10. The summed E-state index contributed by atoms with van der Waals surface area (Å²) in [4.78, 5) is 0. The van der Waals surface area contributed by atoms with Gasteiger partial charge in [0.1, 0.15) is 11.4 Å². The van der Waals surface area contributed by atoms with Crippen molar-refractivity contribution in [2.24, 2.45) is 5.73 Å². The topological polar surface area (TPSA) is 35.2 Å². The van der Waals surface area contributed by atoms with E-state index in [1.807, 2.05) is 6.08 Å². The molecule has 1 atom stereocenters. The third kappa shape index (κ3) is 1.40. The Hall–Kier alpha value is -1.02. The van der Waals surface area contributed by atoms with Gasteiger partial charge < -0.3 is 10.5 Å². The lowest BCUT2D eigenvalue weighted by atomic mass is 9.73. The van der Waals surface area contributed by atoms with Crippen LogP contribution < -0.4 is 5.73 Å². The average molecular weight is 191 g/mol. The normalized spacial score (nSPS) is 32.5. The summed E-state index contributed by atoms with van der Waals surface area (Å²) in [5.74, 6) is 0.832. The van der Waals surface area contributed by atoms with Crippen molar-refractivity contribution in [1.82, 2.24) is 0 Å². The Morgan fingerprint density at radius 3 is 2.71 bits per heavy atom. The fourth-order valence-electron chi connectivity index (χ4n) is 2.17. The molecule has 1 spiro atoms. The fraction of sp³-hybridized carbons (Fsp3) is 0.500. The van der Waals surface area contributed by atoms with Crippen LogP contribution in [0.1, 0.15) is 25.7 Å². The number of rotatable bonds is 1. The summed E-state index contributed by atoms with van der Waals surface area (Å²) in [7, 11) is 0. The van der Waals surface area contributed by atoms with Gasteiger partial charge in [-0.2, -0.15) is 0 Å². The molecule has 2 heteroatoms. The van der Waals surface area contributed by atoms with Crippen LogP contribution in [0.3, 0.4) is 0 Å². The first-order valence-corrected chi connectivity index (χ1v) is 5.13. The summed E-state index contributed by atoms with van der Waals surface area (Å²) in [6.45, 7) is 7.62. The summed E-state index contributed by atoms with van der Waals surface area (Å²) in [5.41, 5.74) is 6.96. The Labute approximate surface area is 85.1 Å². The minimum atomic E-state index is 0.0233. The Kier molecular flexibility index (Phi) is 2.23. The van der Waals surface area contributed by atoms with Gasteiger partial charge in [-0.3, -0.25) is 0 Å². The molecular weight excluding hydrogens is 174 g/mol. The van der Waals surface area contributed by atoms with E-state index in [9.17, 15) is 0 Å². The Morgan fingerprint density at radius 1 is 1.50 bits per heavy atom. The zero-order valence-electron chi connectivity index (χ0n) is 8.46. The second-order valence-corrected chi connectivity index (χ2v) is 4.24. The molecule has 0 aromatic carbocycles. The largest absolute Gasteiger partial charge is 0.487 e. The Morgan fingerprint density at radius 2 is 2.21 bits per heavy atom. The molecule has 2 aliphatic rings. The van der Waals surface area contributed by atoms with Gasteiger partial charge in [-0.25, -0.2) is 0 Å². The molecule has 0 aromatic rings. The maximum absolute atomic E-state index is 6.03. The molecule has 2 rings (SSSR count). The molecule has 2 N–H and O–H groups in total. The third-order valence-electron chi connectivity index (χ3n) is 3.22. The molecule has 1 unspecified atom stereocenters. The Bertz CT molecular complexity index is 299. The third-order valence-corrected chi connectivity index (χ3v) is 3.22. The minimum Gasteiger partial charge on any atom is -0.487 e. The zero-order chi connectivity index (χ0) is 10.2. The maximum atomic E-state index is 6.03. The van der Waals surface area contributed by atoms with Gasteiger partial charge in [-0.05, 0) is 25.3 Å². The van der Waals surface area contributed by atoms with Gasteiger partial charge >= 0.3 is 0 Å². The summed E-state index contributed by atoms with van der Waals surface area (Å²) >= 11 is 0. The van der Waals surface area contributed by atoms with Gasteiger partial charge in [-0.1, -0.05) is 19.2 Å². The predicted octanol–water partition coefficient (Wildman–Crippen LogP) is 2.28. The highest BCUT2D eigenvalue weighted by Gasteiger charge is 2.45. The van der Waals surface area contributed by atoms with Crippen LogP contribution in [0.2, 0.25) is 0 Å². The molecular formula is C12H17NO. The number of hydrogen-bond donors (Lipinski definition) is 1. The second kappa shape index (κ2) is 3.28. The zero-order valence-corrected chi connectivity index (χ0v) is 8.46. The number of ether oxygens (including phenoxy) is 1. The molecule has 1 saturated carbocycles. The van der Waals surface area contributed by atoms with Gasteiger partial charge in [0.2, 0.25) is 0 Å². The lowest BCUT2D eigenvalue weighted by Gasteiger charge is -2.48. The van der Waals surface area contributed by atoms with E-state index in [0.29, 0.717) is 0 Å². The maximum Gasteiger partial charge on any atom is 0.124 e. The molecule has 1 aliphatic heterocycles. The standard InChI is InChI=1S/C12H17NO/c1-3-5-11-9(2)10(13)8-12(14-11)6-4-7-12/h3,5,10H,1-2,4,6-8,13H2/b11-5+. The van der Waals surface area contributed by atoms with Gasteiger partial charge in [-0.15, -0.1) is 0 Å². The van der Waals surface area contributed by atoms with Crippen molar-refractivity contribution in [3.8, 4) is 0 Å². The van der Waals surface area contributed by atoms with Crippen molar-refractivity contribution in [2.45, 2.75) is 37.3 Å². The highest BCUT2D eigenvalue weighted by Crippen LogP contribution is 2.46. The molecule has 2 nitrogen and oxygen atoms in total. The highest BCUT2D eigenvalue weighted by atomic mass is 16.5. The van der Waals surface area contributed by atoms with Gasteiger partial charge in [0, 0.05) is 18.0 Å². The molecule has 1 aliphatic carbocycles. The van der Waals surface area contributed by atoms with Gasteiger partial charge in [0.25, 0.3) is 0 Å². The Balaban J connectivity index is 2.21. The monoisotopic (exact) mass is 191 g/mol. The van der Waals surface area contributed by atoms with Crippen LogP contribution in [0.15, 0.2) is 36.6 Å². The van der Waals surface area contributed by atoms with E-state index in [4.69, 9.17) is 10.5 Å². The first kappa shape index (κ1) is 9.53. The van der Waals surface area contributed by atoms with Crippen molar-refractivity contribution < 1.29 is 4.74 Å². The van der Waals surface area contributed by atoms with E-state index in [-0.39, 0.29) is 11.6 Å². The lowest BCUT2D eigenvalue weighted by Crippen LogP contribution is -2.49. The van der Waals surface area contributed by atoms with Crippen molar-refractivity contribution >= 4 is 0 Å². The van der Waals surface area contributed by atoms with Gasteiger partial charge in [0.15, 0.2) is 0 Å². The lowest BCUT2D eigenvalue weighted by molar-refractivity contribution is -0.0807. The summed E-state index contributed by atoms with van der Waals surface area (Å²) in [5, 5.41) is 0. The molecule has 0 radical (unpaired) electrons. The van der Waals surface area contributed by atoms with Crippen molar-refractivity contribution in [3.63, 3.8) is 0 Å². The number of allylic oxidation sites excluding steroid dienone is 2. The molecule has 2 fully saturated rings. The molecule has 1 saturated heterocycles. The molecule has 0 bridgehead atoms. The summed E-state index contributed by atoms with van der Waals surface area (Å²) in [6, 6.07) is 0.0512. The summed E-state index contributed by atoms with van der Waals surface area (Å²) in [6.07, 6.45) is 8.01.